The van der Waals surface area contributed by atoms with Crippen LogP contribution in [0.25, 0.3) is 0 Å². The highest BCUT2D eigenvalue weighted by atomic mass is 32.2. The molecule has 0 fully saturated rings. The van der Waals surface area contributed by atoms with Crippen LogP contribution in [0.4, 0.5) is 0 Å². The lowest BCUT2D eigenvalue weighted by molar-refractivity contribution is 0.0861. The number of aromatic nitrogens is 2. The summed E-state index contributed by atoms with van der Waals surface area (Å²) in [7, 11) is 0. The third kappa shape index (κ3) is 4.54. The Bertz CT molecular complexity index is 1300. The number of hydrogen-bond acceptors (Lipinski definition) is 5. The molecule has 2 aromatic carbocycles. The van der Waals surface area contributed by atoms with E-state index in [2.05, 4.69) is 83.0 Å². The fourth-order valence-electron chi connectivity index (χ4n) is 5.28. The van der Waals surface area contributed by atoms with Gasteiger partial charge in [0.25, 0.3) is 5.91 Å². The fraction of sp³-hybridized carbons (Fsp3) is 0.233. The van der Waals surface area contributed by atoms with E-state index in [1.807, 2.05) is 36.5 Å². The SMILES string of the molecule is CC(C)(NC(=O)c1ccccn1)C1(CCNCc2ccccn2)c2ccccc2Sc2ccccc21. The van der Waals surface area contributed by atoms with Gasteiger partial charge in [0.1, 0.15) is 5.69 Å². The summed E-state index contributed by atoms with van der Waals surface area (Å²) in [5.74, 6) is -0.172. The van der Waals surface area contributed by atoms with E-state index < -0.39 is 11.0 Å². The number of benzene rings is 2. The van der Waals surface area contributed by atoms with E-state index in [9.17, 15) is 4.79 Å². The summed E-state index contributed by atoms with van der Waals surface area (Å²) in [6.07, 6.45) is 4.27. The maximum Gasteiger partial charge on any atom is 0.270 e. The molecule has 3 heterocycles. The van der Waals surface area contributed by atoms with Crippen LogP contribution in [-0.4, -0.2) is 28.0 Å². The lowest BCUT2D eigenvalue weighted by atomic mass is 9.60. The van der Waals surface area contributed by atoms with Crippen molar-refractivity contribution in [3.63, 3.8) is 0 Å². The summed E-state index contributed by atoms with van der Waals surface area (Å²) in [6.45, 7) is 5.72. The number of fused-ring (bicyclic) bond motifs is 2. The Morgan fingerprint density at radius 2 is 1.44 bits per heavy atom. The van der Waals surface area contributed by atoms with Gasteiger partial charge in [-0.25, -0.2) is 0 Å². The van der Waals surface area contributed by atoms with Crippen LogP contribution in [-0.2, 0) is 12.0 Å². The Kier molecular flexibility index (Phi) is 6.90. The number of nitrogens with one attached hydrogen (secondary N) is 2. The van der Waals surface area contributed by atoms with Crippen molar-refractivity contribution in [3.05, 3.63) is 120 Å². The van der Waals surface area contributed by atoms with Crippen LogP contribution in [0.5, 0.6) is 0 Å². The van der Waals surface area contributed by atoms with Crippen molar-refractivity contribution in [2.75, 3.05) is 6.54 Å². The monoisotopic (exact) mass is 494 g/mol. The fourth-order valence-corrected chi connectivity index (χ4v) is 6.52. The molecule has 0 unspecified atom stereocenters. The van der Waals surface area contributed by atoms with Crippen molar-refractivity contribution in [1.29, 1.82) is 0 Å². The third-order valence-corrected chi connectivity index (χ3v) is 8.16. The minimum absolute atomic E-state index is 0.172. The van der Waals surface area contributed by atoms with Gasteiger partial charge in [-0.3, -0.25) is 14.8 Å². The van der Waals surface area contributed by atoms with E-state index in [-0.39, 0.29) is 5.91 Å². The molecule has 0 aliphatic carbocycles. The number of carbonyl (C=O) groups excluding carboxylic acids is 1. The number of nitrogens with zero attached hydrogens (tertiary/aromatic N) is 2. The van der Waals surface area contributed by atoms with Crippen molar-refractivity contribution in [1.82, 2.24) is 20.6 Å². The molecule has 0 bridgehead atoms. The maximum atomic E-state index is 13.4. The molecule has 182 valence electrons. The highest BCUT2D eigenvalue weighted by Crippen LogP contribution is 2.55. The maximum absolute atomic E-state index is 13.4. The molecule has 6 heteroatoms. The first kappa shape index (κ1) is 24.2. The van der Waals surface area contributed by atoms with Gasteiger partial charge in [0.05, 0.1) is 5.69 Å². The number of carbonyl (C=O) groups is 1. The molecule has 5 rings (SSSR count). The van der Waals surface area contributed by atoms with Crippen LogP contribution in [0.1, 0.15) is 47.6 Å². The first-order chi connectivity index (χ1) is 17.5. The van der Waals surface area contributed by atoms with Gasteiger partial charge in [-0.2, -0.15) is 0 Å². The van der Waals surface area contributed by atoms with Crippen molar-refractivity contribution in [2.45, 2.75) is 47.6 Å². The van der Waals surface area contributed by atoms with Crippen LogP contribution in [0.15, 0.2) is 107 Å². The van der Waals surface area contributed by atoms with Gasteiger partial charge in [-0.15, -0.1) is 0 Å². The average molecular weight is 495 g/mol. The molecule has 5 nitrogen and oxygen atoms in total. The van der Waals surface area contributed by atoms with E-state index in [0.29, 0.717) is 12.2 Å². The predicted octanol–water partition coefficient (Wildman–Crippen LogP) is 5.62. The molecule has 0 radical (unpaired) electrons. The van der Waals surface area contributed by atoms with Crippen molar-refractivity contribution < 1.29 is 4.79 Å². The summed E-state index contributed by atoms with van der Waals surface area (Å²) in [5, 5.41) is 6.97. The zero-order chi connectivity index (χ0) is 25.0. The molecule has 0 atom stereocenters. The zero-order valence-electron chi connectivity index (χ0n) is 20.6. The topological polar surface area (TPSA) is 66.9 Å². The van der Waals surface area contributed by atoms with Gasteiger partial charge < -0.3 is 10.6 Å². The summed E-state index contributed by atoms with van der Waals surface area (Å²) in [6, 6.07) is 28.5. The predicted molar refractivity (Wildman–Crippen MR) is 144 cm³/mol. The molecular weight excluding hydrogens is 464 g/mol. The summed E-state index contributed by atoms with van der Waals surface area (Å²) in [4.78, 5) is 24.6. The molecule has 36 heavy (non-hydrogen) atoms. The Labute approximate surface area is 216 Å². The molecule has 1 amide bonds. The molecule has 0 saturated heterocycles. The van der Waals surface area contributed by atoms with Crippen molar-refractivity contribution in [2.24, 2.45) is 0 Å². The van der Waals surface area contributed by atoms with Crippen molar-refractivity contribution >= 4 is 17.7 Å². The van der Waals surface area contributed by atoms with Gasteiger partial charge >= 0.3 is 0 Å². The Morgan fingerprint density at radius 1 is 0.833 bits per heavy atom. The van der Waals surface area contributed by atoms with E-state index >= 15 is 0 Å². The van der Waals surface area contributed by atoms with Crippen LogP contribution >= 0.6 is 11.8 Å². The minimum Gasteiger partial charge on any atom is -0.345 e. The molecule has 0 saturated carbocycles. The molecule has 0 spiro atoms. The second-order valence-corrected chi connectivity index (χ2v) is 10.6. The molecule has 2 N–H and O–H groups in total. The number of hydrogen-bond donors (Lipinski definition) is 2. The van der Waals surface area contributed by atoms with Gasteiger partial charge in [-0.1, -0.05) is 60.3 Å². The molecular formula is C30H30N4OS. The summed E-state index contributed by atoms with van der Waals surface area (Å²) < 4.78 is 0. The van der Waals surface area contributed by atoms with E-state index in [0.717, 1.165) is 18.7 Å². The first-order valence-electron chi connectivity index (χ1n) is 12.2. The van der Waals surface area contributed by atoms with Gasteiger partial charge in [-0.05, 0) is 74.3 Å². The number of rotatable bonds is 8. The third-order valence-electron chi connectivity index (χ3n) is 7.01. The van der Waals surface area contributed by atoms with Crippen molar-refractivity contribution in [3.8, 4) is 0 Å². The van der Waals surface area contributed by atoms with E-state index in [1.165, 1.54) is 20.9 Å². The number of pyridine rings is 2. The number of amides is 1. The molecule has 2 aromatic heterocycles. The first-order valence-corrected chi connectivity index (χ1v) is 13.0. The Morgan fingerprint density at radius 3 is 2.06 bits per heavy atom. The molecule has 1 aliphatic heterocycles. The average Bonchev–Trinajstić information content (AvgIpc) is 2.91. The van der Waals surface area contributed by atoms with Gasteiger partial charge in [0, 0.05) is 39.7 Å². The minimum atomic E-state index is -0.624. The highest BCUT2D eigenvalue weighted by molar-refractivity contribution is 7.99. The molecule has 1 aliphatic rings. The zero-order valence-corrected chi connectivity index (χ0v) is 21.4. The van der Waals surface area contributed by atoms with Crippen LogP contribution in [0, 0.1) is 0 Å². The Balaban J connectivity index is 1.55. The van der Waals surface area contributed by atoms with Crippen LogP contribution < -0.4 is 10.6 Å². The van der Waals surface area contributed by atoms with E-state index in [1.54, 1.807) is 24.0 Å². The van der Waals surface area contributed by atoms with Gasteiger partial charge in [0.15, 0.2) is 0 Å². The summed E-state index contributed by atoms with van der Waals surface area (Å²) in [5.41, 5.74) is 2.81. The summed E-state index contributed by atoms with van der Waals surface area (Å²) >= 11 is 1.80. The van der Waals surface area contributed by atoms with Crippen LogP contribution in [0.2, 0.25) is 0 Å². The second kappa shape index (κ2) is 10.2. The molecule has 4 aromatic rings. The lowest BCUT2D eigenvalue weighted by Crippen LogP contribution is -2.61. The second-order valence-electron chi connectivity index (χ2n) is 9.54. The van der Waals surface area contributed by atoms with E-state index in [4.69, 9.17) is 0 Å². The quantitative estimate of drug-likeness (QED) is 0.312. The Hall–Kier alpha value is -3.48. The smallest absolute Gasteiger partial charge is 0.270 e. The van der Waals surface area contributed by atoms with Gasteiger partial charge in [0.2, 0.25) is 0 Å². The normalized spacial score (nSPS) is 13.9. The standard InChI is InChI=1S/C30H30N4OS/c1-29(2,34-28(35)25-14-8-10-19-33-25)30(17-20-31-21-22-11-7-9-18-32-22)23-12-3-5-15-26(23)36-27-16-6-4-13-24(27)30/h3-16,18-19,31H,17,20-21H2,1-2H3,(H,34,35). The van der Waals surface area contributed by atoms with Crippen LogP contribution in [0.3, 0.4) is 0 Å². The largest absolute Gasteiger partial charge is 0.345 e. The lowest BCUT2D eigenvalue weighted by Gasteiger charge is -2.51. The highest BCUT2D eigenvalue weighted by Gasteiger charge is 2.52.